The highest BCUT2D eigenvalue weighted by Crippen LogP contribution is 2.15. The smallest absolute Gasteiger partial charge is 0.408 e. The topological polar surface area (TPSA) is 89.1 Å². The summed E-state index contributed by atoms with van der Waals surface area (Å²) in [4.78, 5) is 25.4. The van der Waals surface area contributed by atoms with Crippen molar-refractivity contribution in [2.75, 3.05) is 6.54 Å². The van der Waals surface area contributed by atoms with E-state index in [0.717, 1.165) is 0 Å². The van der Waals surface area contributed by atoms with Crippen LogP contribution in [0.4, 0.5) is 0 Å². The molecule has 5 heteroatoms. The summed E-state index contributed by atoms with van der Waals surface area (Å²) >= 11 is 0. The van der Waals surface area contributed by atoms with Crippen LogP contribution in [0.3, 0.4) is 0 Å². The highest BCUT2D eigenvalue weighted by molar-refractivity contribution is 5.98. The van der Waals surface area contributed by atoms with Gasteiger partial charge in [0.05, 0.1) is 5.52 Å². The molecule has 0 amide bonds. The van der Waals surface area contributed by atoms with Gasteiger partial charge in [0.15, 0.2) is 11.4 Å². The molecule has 2 aromatic rings. The average Bonchev–Trinajstić information content (AvgIpc) is 2.67. The van der Waals surface area contributed by atoms with Crippen LogP contribution < -0.4 is 11.5 Å². The van der Waals surface area contributed by atoms with Gasteiger partial charge < -0.3 is 10.2 Å². The number of benzene rings is 1. The number of aromatic amines is 1. The first-order valence-electron chi connectivity index (χ1n) is 5.46. The third-order valence-corrected chi connectivity index (χ3v) is 2.68. The fourth-order valence-corrected chi connectivity index (χ4v) is 1.64. The Labute approximate surface area is 97.6 Å². The molecule has 0 spiro atoms. The van der Waals surface area contributed by atoms with E-state index in [4.69, 9.17) is 10.2 Å². The fourth-order valence-electron chi connectivity index (χ4n) is 1.64. The molecular weight excluding hydrogens is 220 g/mol. The summed E-state index contributed by atoms with van der Waals surface area (Å²) in [5, 5.41) is 0. The minimum absolute atomic E-state index is 0.0203. The molecule has 1 unspecified atom stereocenters. The highest BCUT2D eigenvalue weighted by Gasteiger charge is 2.11. The van der Waals surface area contributed by atoms with Crippen molar-refractivity contribution >= 4 is 16.9 Å². The lowest BCUT2D eigenvalue weighted by molar-refractivity contribution is 0.0966. The molecule has 0 aliphatic rings. The van der Waals surface area contributed by atoms with Crippen LogP contribution in [-0.2, 0) is 0 Å². The van der Waals surface area contributed by atoms with Crippen molar-refractivity contribution < 1.29 is 9.21 Å². The van der Waals surface area contributed by atoms with Crippen molar-refractivity contribution in [3.63, 3.8) is 0 Å². The van der Waals surface area contributed by atoms with Crippen LogP contribution in [-0.4, -0.2) is 17.3 Å². The quantitative estimate of drug-likeness (QED) is 0.780. The van der Waals surface area contributed by atoms with E-state index in [9.17, 15) is 9.59 Å². The molecule has 0 saturated carbocycles. The van der Waals surface area contributed by atoms with Gasteiger partial charge >= 0.3 is 5.76 Å². The van der Waals surface area contributed by atoms with Gasteiger partial charge in [-0.05, 0) is 30.7 Å². The molecule has 0 bridgehead atoms. The standard InChI is InChI=1S/C12H14N2O3/c1-7(6-13)4-10(15)8-2-3-11-9(5-8)14-12(16)17-11/h2-3,5,7H,4,6,13H2,1H3,(H,14,16). The molecule has 2 rings (SSSR count). The maximum Gasteiger partial charge on any atom is 0.417 e. The Kier molecular flexibility index (Phi) is 3.10. The third kappa shape index (κ3) is 2.45. The summed E-state index contributed by atoms with van der Waals surface area (Å²) < 4.78 is 4.86. The number of carbonyl (C=O) groups excluding carboxylic acids is 1. The number of H-pyrrole nitrogens is 1. The van der Waals surface area contributed by atoms with E-state index in [0.29, 0.717) is 29.6 Å². The Bertz CT molecular complexity index is 597. The molecule has 1 heterocycles. The van der Waals surface area contributed by atoms with Crippen LogP contribution in [0.15, 0.2) is 27.4 Å². The monoisotopic (exact) mass is 234 g/mol. The zero-order valence-electron chi connectivity index (χ0n) is 9.53. The molecule has 90 valence electrons. The Morgan fingerprint density at radius 2 is 2.29 bits per heavy atom. The van der Waals surface area contributed by atoms with Crippen molar-refractivity contribution in [3.8, 4) is 0 Å². The SMILES string of the molecule is CC(CN)CC(=O)c1ccc2oc(=O)[nH]c2c1. The predicted octanol–water partition coefficient (Wildman–Crippen LogP) is 1.29. The second kappa shape index (κ2) is 4.55. The number of rotatable bonds is 4. The molecule has 3 N–H and O–H groups in total. The molecule has 0 saturated heterocycles. The normalized spacial score (nSPS) is 12.8. The Balaban J connectivity index is 2.29. The maximum atomic E-state index is 11.9. The van der Waals surface area contributed by atoms with E-state index in [-0.39, 0.29) is 11.7 Å². The summed E-state index contributed by atoms with van der Waals surface area (Å²) in [5.74, 6) is -0.339. The van der Waals surface area contributed by atoms with Crippen molar-refractivity contribution in [1.29, 1.82) is 0 Å². The first-order chi connectivity index (χ1) is 8.10. The van der Waals surface area contributed by atoms with Gasteiger partial charge in [-0.1, -0.05) is 6.92 Å². The number of hydrogen-bond acceptors (Lipinski definition) is 4. The van der Waals surface area contributed by atoms with Crippen LogP contribution >= 0.6 is 0 Å². The van der Waals surface area contributed by atoms with E-state index in [1.807, 2.05) is 6.92 Å². The third-order valence-electron chi connectivity index (χ3n) is 2.68. The van der Waals surface area contributed by atoms with Crippen LogP contribution in [0.5, 0.6) is 0 Å². The second-order valence-electron chi connectivity index (χ2n) is 4.19. The van der Waals surface area contributed by atoms with Gasteiger partial charge in [0, 0.05) is 12.0 Å². The number of nitrogens with one attached hydrogen (secondary N) is 1. The molecular formula is C12H14N2O3. The zero-order chi connectivity index (χ0) is 12.4. The maximum absolute atomic E-state index is 11.9. The molecule has 0 radical (unpaired) electrons. The van der Waals surface area contributed by atoms with Gasteiger partial charge in [0.1, 0.15) is 0 Å². The number of fused-ring (bicyclic) bond motifs is 1. The van der Waals surface area contributed by atoms with Gasteiger partial charge in [0.25, 0.3) is 0 Å². The molecule has 17 heavy (non-hydrogen) atoms. The van der Waals surface area contributed by atoms with Gasteiger partial charge in [-0.25, -0.2) is 4.79 Å². The first kappa shape index (κ1) is 11.6. The highest BCUT2D eigenvalue weighted by atomic mass is 16.4. The molecule has 1 atom stereocenters. The van der Waals surface area contributed by atoms with Crippen molar-refractivity contribution in [3.05, 3.63) is 34.3 Å². The number of ketones is 1. The summed E-state index contributed by atoms with van der Waals surface area (Å²) in [6.45, 7) is 2.41. The van der Waals surface area contributed by atoms with Gasteiger partial charge in [-0.15, -0.1) is 0 Å². The van der Waals surface area contributed by atoms with Crippen molar-refractivity contribution in [1.82, 2.24) is 4.98 Å². The van der Waals surface area contributed by atoms with Gasteiger partial charge in [0.2, 0.25) is 0 Å². The van der Waals surface area contributed by atoms with E-state index < -0.39 is 5.76 Å². The number of carbonyl (C=O) groups is 1. The van der Waals surface area contributed by atoms with Crippen LogP contribution in [0.2, 0.25) is 0 Å². The minimum atomic E-state index is -0.514. The fraction of sp³-hybridized carbons (Fsp3) is 0.333. The summed E-state index contributed by atoms with van der Waals surface area (Å²) in [6.07, 6.45) is 0.407. The van der Waals surface area contributed by atoms with Crippen molar-refractivity contribution in [2.45, 2.75) is 13.3 Å². The number of hydrogen-bond donors (Lipinski definition) is 2. The molecule has 0 fully saturated rings. The number of Topliss-reactive ketones (excluding diaryl/α,β-unsaturated/α-hetero) is 1. The Morgan fingerprint density at radius 3 is 3.00 bits per heavy atom. The van der Waals surface area contributed by atoms with Crippen LogP contribution in [0.1, 0.15) is 23.7 Å². The lowest BCUT2D eigenvalue weighted by Crippen LogP contribution is -2.15. The van der Waals surface area contributed by atoms with Crippen molar-refractivity contribution in [2.24, 2.45) is 11.7 Å². The van der Waals surface area contributed by atoms with E-state index >= 15 is 0 Å². The molecule has 5 nitrogen and oxygen atoms in total. The lowest BCUT2D eigenvalue weighted by atomic mass is 10.00. The van der Waals surface area contributed by atoms with Gasteiger partial charge in [-0.3, -0.25) is 9.78 Å². The molecule has 1 aromatic carbocycles. The second-order valence-corrected chi connectivity index (χ2v) is 4.19. The summed E-state index contributed by atoms with van der Waals surface area (Å²) in [5.41, 5.74) is 7.04. The number of aromatic nitrogens is 1. The van der Waals surface area contributed by atoms with Crippen LogP contribution in [0.25, 0.3) is 11.1 Å². The average molecular weight is 234 g/mol. The molecule has 1 aromatic heterocycles. The number of nitrogens with two attached hydrogens (primary N) is 1. The van der Waals surface area contributed by atoms with E-state index in [1.165, 1.54) is 0 Å². The lowest BCUT2D eigenvalue weighted by Gasteiger charge is -2.06. The summed E-state index contributed by atoms with van der Waals surface area (Å²) in [7, 11) is 0. The largest absolute Gasteiger partial charge is 0.417 e. The Morgan fingerprint density at radius 1 is 1.53 bits per heavy atom. The molecule has 0 aliphatic heterocycles. The molecule has 0 aliphatic carbocycles. The predicted molar refractivity (Wildman–Crippen MR) is 64.0 cm³/mol. The first-order valence-corrected chi connectivity index (χ1v) is 5.46. The van der Waals surface area contributed by atoms with E-state index in [2.05, 4.69) is 4.98 Å². The van der Waals surface area contributed by atoms with Crippen LogP contribution in [0, 0.1) is 5.92 Å². The number of oxazole rings is 1. The summed E-state index contributed by atoms with van der Waals surface area (Å²) in [6, 6.07) is 4.91. The minimum Gasteiger partial charge on any atom is -0.408 e. The van der Waals surface area contributed by atoms with Gasteiger partial charge in [-0.2, -0.15) is 0 Å². The zero-order valence-corrected chi connectivity index (χ0v) is 9.53. The Hall–Kier alpha value is -1.88. The van der Waals surface area contributed by atoms with E-state index in [1.54, 1.807) is 18.2 Å².